The van der Waals surface area contributed by atoms with Crippen molar-refractivity contribution in [3.63, 3.8) is 0 Å². The van der Waals surface area contributed by atoms with E-state index in [0.717, 1.165) is 5.69 Å². The van der Waals surface area contributed by atoms with E-state index >= 15 is 0 Å². The van der Waals surface area contributed by atoms with E-state index in [-0.39, 0.29) is 5.91 Å². The Hall–Kier alpha value is -3.61. The number of anilines is 1. The second-order valence-corrected chi connectivity index (χ2v) is 5.45. The molecule has 3 aromatic heterocycles. The fourth-order valence-corrected chi connectivity index (χ4v) is 2.51. The monoisotopic (exact) mass is 330 g/mol. The topological polar surface area (TPSA) is 85.6 Å². The van der Waals surface area contributed by atoms with Gasteiger partial charge >= 0.3 is 0 Å². The summed E-state index contributed by atoms with van der Waals surface area (Å²) in [6.07, 6.45) is 4.96. The Balaban J connectivity index is 1.76. The molecule has 4 rings (SSSR count). The van der Waals surface area contributed by atoms with Crippen molar-refractivity contribution in [1.29, 1.82) is 0 Å². The Bertz CT molecular complexity index is 1040. The first-order valence-electron chi connectivity index (χ1n) is 7.71. The number of nitrogens with one attached hydrogen (secondary N) is 1. The van der Waals surface area contributed by atoms with Gasteiger partial charge in [0.2, 0.25) is 0 Å². The third kappa shape index (κ3) is 2.94. The molecule has 0 unspecified atom stereocenters. The average Bonchev–Trinajstić information content (AvgIpc) is 3.07. The number of fused-ring (bicyclic) bond motifs is 1. The van der Waals surface area contributed by atoms with Gasteiger partial charge in [-0.15, -0.1) is 0 Å². The number of aryl methyl sites for hydroxylation is 1. The number of carbonyl (C=O) groups excluding carboxylic acids is 1. The van der Waals surface area contributed by atoms with Crippen molar-refractivity contribution in [2.75, 3.05) is 5.32 Å². The minimum Gasteiger partial charge on any atom is -0.305 e. The molecule has 25 heavy (non-hydrogen) atoms. The van der Waals surface area contributed by atoms with Crippen LogP contribution >= 0.6 is 0 Å². The Morgan fingerprint density at radius 1 is 1.04 bits per heavy atom. The van der Waals surface area contributed by atoms with E-state index in [9.17, 15) is 4.79 Å². The lowest BCUT2D eigenvalue weighted by Gasteiger charge is -2.05. The molecule has 0 radical (unpaired) electrons. The van der Waals surface area contributed by atoms with Crippen LogP contribution in [-0.2, 0) is 0 Å². The fraction of sp³-hybridized carbons (Fsp3) is 0.0556. The van der Waals surface area contributed by atoms with Crippen LogP contribution in [0, 0.1) is 6.92 Å². The third-order valence-electron chi connectivity index (χ3n) is 3.67. The molecule has 0 atom stereocenters. The van der Waals surface area contributed by atoms with Gasteiger partial charge in [-0.25, -0.2) is 14.6 Å². The van der Waals surface area contributed by atoms with Crippen LogP contribution in [0.2, 0.25) is 0 Å². The molecule has 0 aliphatic heterocycles. The maximum absolute atomic E-state index is 12.4. The Morgan fingerprint density at radius 3 is 2.56 bits per heavy atom. The summed E-state index contributed by atoms with van der Waals surface area (Å²) in [6.45, 7) is 1.78. The van der Waals surface area contributed by atoms with E-state index in [4.69, 9.17) is 0 Å². The zero-order valence-electron chi connectivity index (χ0n) is 13.4. The lowest BCUT2D eigenvalue weighted by Crippen LogP contribution is -2.14. The van der Waals surface area contributed by atoms with Gasteiger partial charge in [-0.1, -0.05) is 18.2 Å². The fourth-order valence-electron chi connectivity index (χ4n) is 2.51. The maximum Gasteiger partial charge on any atom is 0.256 e. The first-order chi connectivity index (χ1) is 12.2. The molecule has 0 fully saturated rings. The molecule has 7 heteroatoms. The minimum atomic E-state index is -0.268. The highest BCUT2D eigenvalue weighted by molar-refractivity contribution is 6.06. The summed E-state index contributed by atoms with van der Waals surface area (Å²) >= 11 is 0. The van der Waals surface area contributed by atoms with Crippen molar-refractivity contribution in [3.05, 3.63) is 72.4 Å². The Labute approximate surface area is 143 Å². The number of para-hydroxylation sites is 1. The number of pyridine rings is 1. The van der Waals surface area contributed by atoms with Gasteiger partial charge in [0.05, 0.1) is 11.9 Å². The van der Waals surface area contributed by atoms with Gasteiger partial charge in [0.25, 0.3) is 5.91 Å². The van der Waals surface area contributed by atoms with Gasteiger partial charge in [-0.2, -0.15) is 5.10 Å². The Kier molecular flexibility index (Phi) is 3.66. The van der Waals surface area contributed by atoms with Crippen LogP contribution in [-0.4, -0.2) is 30.6 Å². The first kappa shape index (κ1) is 14.9. The summed E-state index contributed by atoms with van der Waals surface area (Å²) in [5.74, 6) is 0.681. The smallest absolute Gasteiger partial charge is 0.256 e. The first-order valence-corrected chi connectivity index (χ1v) is 7.71. The van der Waals surface area contributed by atoms with Gasteiger partial charge < -0.3 is 5.32 Å². The molecule has 1 aromatic carbocycles. The number of rotatable bonds is 3. The summed E-state index contributed by atoms with van der Waals surface area (Å²) in [6, 6.07) is 13.0. The van der Waals surface area contributed by atoms with E-state index in [0.29, 0.717) is 28.2 Å². The van der Waals surface area contributed by atoms with E-state index < -0.39 is 0 Å². The van der Waals surface area contributed by atoms with Crippen LogP contribution in [0.5, 0.6) is 0 Å². The number of aromatic nitrogens is 5. The quantitative estimate of drug-likeness (QED) is 0.624. The second kappa shape index (κ2) is 6.12. The van der Waals surface area contributed by atoms with Crippen LogP contribution in [0.3, 0.4) is 0 Å². The van der Waals surface area contributed by atoms with E-state index in [1.807, 2.05) is 36.5 Å². The lowest BCUT2D eigenvalue weighted by atomic mass is 10.2. The molecule has 1 amide bonds. The van der Waals surface area contributed by atoms with Gasteiger partial charge in [0.1, 0.15) is 11.3 Å². The molecule has 0 aliphatic carbocycles. The molecule has 0 saturated heterocycles. The van der Waals surface area contributed by atoms with Crippen LogP contribution in [0.15, 0.2) is 61.1 Å². The summed E-state index contributed by atoms with van der Waals surface area (Å²) in [7, 11) is 0. The molecule has 122 valence electrons. The van der Waals surface area contributed by atoms with Crippen LogP contribution in [0.4, 0.5) is 5.82 Å². The average molecular weight is 330 g/mol. The normalized spacial score (nSPS) is 10.8. The van der Waals surface area contributed by atoms with Crippen molar-refractivity contribution in [2.24, 2.45) is 0 Å². The minimum absolute atomic E-state index is 0.268. The lowest BCUT2D eigenvalue weighted by molar-refractivity contribution is 0.102. The van der Waals surface area contributed by atoms with Gasteiger partial charge in [0, 0.05) is 18.0 Å². The van der Waals surface area contributed by atoms with Crippen molar-refractivity contribution in [2.45, 2.75) is 6.92 Å². The number of carbonyl (C=O) groups is 1. The zero-order valence-corrected chi connectivity index (χ0v) is 13.4. The highest BCUT2D eigenvalue weighted by Crippen LogP contribution is 2.21. The summed E-state index contributed by atoms with van der Waals surface area (Å²) in [4.78, 5) is 25.1. The van der Waals surface area contributed by atoms with Crippen molar-refractivity contribution in [1.82, 2.24) is 24.7 Å². The molecule has 0 aliphatic rings. The van der Waals surface area contributed by atoms with Gasteiger partial charge in [-0.05, 0) is 31.2 Å². The van der Waals surface area contributed by atoms with E-state index in [1.165, 1.54) is 0 Å². The van der Waals surface area contributed by atoms with E-state index in [1.54, 1.807) is 36.1 Å². The molecule has 3 heterocycles. The molecule has 0 bridgehead atoms. The third-order valence-corrected chi connectivity index (χ3v) is 3.67. The number of hydrogen-bond acceptors (Lipinski definition) is 5. The van der Waals surface area contributed by atoms with Crippen molar-refractivity contribution < 1.29 is 4.79 Å². The largest absolute Gasteiger partial charge is 0.305 e. The summed E-state index contributed by atoms with van der Waals surface area (Å²) in [5.41, 5.74) is 2.62. The molecule has 0 saturated carbocycles. The number of amides is 1. The standard InChI is InChI=1S/C18H14N6O/c1-12-20-15-11-24(14-5-3-2-4-6-14)23-16(15)17(21-12)22-18(25)13-7-9-19-10-8-13/h2-11H,1H3,(H,20,21,22,25). The highest BCUT2D eigenvalue weighted by Gasteiger charge is 2.14. The number of hydrogen-bond donors (Lipinski definition) is 1. The molecular weight excluding hydrogens is 316 g/mol. The zero-order chi connectivity index (χ0) is 17.2. The van der Waals surface area contributed by atoms with Crippen molar-refractivity contribution in [3.8, 4) is 5.69 Å². The van der Waals surface area contributed by atoms with Gasteiger partial charge in [-0.3, -0.25) is 9.78 Å². The molecular formula is C18H14N6O. The number of nitrogens with zero attached hydrogens (tertiary/aromatic N) is 5. The van der Waals surface area contributed by atoms with Crippen LogP contribution < -0.4 is 5.32 Å². The van der Waals surface area contributed by atoms with Crippen LogP contribution in [0.1, 0.15) is 16.2 Å². The predicted octanol–water partition coefficient (Wildman–Crippen LogP) is 2.77. The SMILES string of the molecule is Cc1nc(NC(=O)c2ccncc2)c2nn(-c3ccccc3)cc2n1. The Morgan fingerprint density at radius 2 is 1.80 bits per heavy atom. The highest BCUT2D eigenvalue weighted by atomic mass is 16.1. The predicted molar refractivity (Wildman–Crippen MR) is 93.6 cm³/mol. The van der Waals surface area contributed by atoms with Gasteiger partial charge in [0.15, 0.2) is 11.3 Å². The second-order valence-electron chi connectivity index (χ2n) is 5.45. The molecule has 4 aromatic rings. The number of benzene rings is 1. The summed E-state index contributed by atoms with van der Waals surface area (Å²) in [5, 5.41) is 7.35. The van der Waals surface area contributed by atoms with Crippen LogP contribution in [0.25, 0.3) is 16.7 Å². The molecule has 0 spiro atoms. The summed E-state index contributed by atoms with van der Waals surface area (Å²) < 4.78 is 1.72. The molecule has 7 nitrogen and oxygen atoms in total. The van der Waals surface area contributed by atoms with Crippen molar-refractivity contribution >= 4 is 22.8 Å². The molecule has 1 N–H and O–H groups in total. The maximum atomic E-state index is 12.4. The van der Waals surface area contributed by atoms with E-state index in [2.05, 4.69) is 25.4 Å².